The monoisotopic (exact) mass is 241 g/mol. The van der Waals surface area contributed by atoms with E-state index in [4.69, 9.17) is 23.2 Å². The second kappa shape index (κ2) is 5.24. The summed E-state index contributed by atoms with van der Waals surface area (Å²) in [6, 6.07) is 5.43. The van der Waals surface area contributed by atoms with Crippen LogP contribution in [0.2, 0.25) is 10.0 Å². The predicted molar refractivity (Wildman–Crippen MR) is 68.1 cm³/mol. The molecule has 15 heavy (non-hydrogen) atoms. The van der Waals surface area contributed by atoms with Crippen LogP contribution in [0, 0.1) is 0 Å². The standard InChI is InChI=1S/C12H13Cl2N/c1-8(2)7-15-9(3)10-4-5-11(13)12(14)6-10/h4-7,15H,3H2,1-2H3. The number of halogens is 2. The van der Waals surface area contributed by atoms with Crippen LogP contribution < -0.4 is 5.32 Å². The summed E-state index contributed by atoms with van der Waals surface area (Å²) in [5.74, 6) is 0. The van der Waals surface area contributed by atoms with Crippen LogP contribution in [-0.2, 0) is 0 Å². The van der Waals surface area contributed by atoms with Crippen LogP contribution in [-0.4, -0.2) is 0 Å². The average Bonchev–Trinajstić information content (AvgIpc) is 2.18. The molecule has 0 spiro atoms. The lowest BCUT2D eigenvalue weighted by molar-refractivity contribution is 1.17. The smallest absolute Gasteiger partial charge is 0.0599 e. The molecule has 0 fully saturated rings. The molecule has 0 aliphatic carbocycles. The molecule has 1 nitrogen and oxygen atoms in total. The van der Waals surface area contributed by atoms with Crippen molar-refractivity contribution in [2.75, 3.05) is 0 Å². The topological polar surface area (TPSA) is 12.0 Å². The Morgan fingerprint density at radius 3 is 2.47 bits per heavy atom. The van der Waals surface area contributed by atoms with Gasteiger partial charge in [-0.1, -0.05) is 41.4 Å². The number of allylic oxidation sites excluding steroid dienone is 1. The first-order chi connectivity index (χ1) is 7.00. The molecule has 3 heteroatoms. The van der Waals surface area contributed by atoms with E-state index in [0.717, 1.165) is 11.3 Å². The van der Waals surface area contributed by atoms with Gasteiger partial charge in [0.05, 0.1) is 10.0 Å². The molecule has 0 aliphatic rings. The van der Waals surface area contributed by atoms with Crippen molar-refractivity contribution in [2.24, 2.45) is 0 Å². The fourth-order valence-electron chi connectivity index (χ4n) is 0.999. The Hall–Kier alpha value is -0.920. The summed E-state index contributed by atoms with van der Waals surface area (Å²) in [5.41, 5.74) is 2.91. The highest BCUT2D eigenvalue weighted by Crippen LogP contribution is 2.24. The van der Waals surface area contributed by atoms with Crippen molar-refractivity contribution >= 4 is 28.9 Å². The van der Waals surface area contributed by atoms with Crippen molar-refractivity contribution in [3.8, 4) is 0 Å². The lowest BCUT2D eigenvalue weighted by atomic mass is 10.2. The van der Waals surface area contributed by atoms with Crippen LogP contribution in [0.1, 0.15) is 19.4 Å². The van der Waals surface area contributed by atoms with E-state index in [1.165, 1.54) is 5.57 Å². The van der Waals surface area contributed by atoms with Crippen LogP contribution in [0.3, 0.4) is 0 Å². The zero-order chi connectivity index (χ0) is 11.4. The molecule has 80 valence electrons. The summed E-state index contributed by atoms with van der Waals surface area (Å²) in [4.78, 5) is 0. The normalized spacial score (nSPS) is 9.60. The van der Waals surface area contributed by atoms with E-state index in [9.17, 15) is 0 Å². The quantitative estimate of drug-likeness (QED) is 0.824. The average molecular weight is 242 g/mol. The maximum Gasteiger partial charge on any atom is 0.0599 e. The van der Waals surface area contributed by atoms with Crippen molar-refractivity contribution in [2.45, 2.75) is 13.8 Å². The number of nitrogens with one attached hydrogen (secondary N) is 1. The molecule has 0 saturated carbocycles. The Bertz CT molecular complexity index is 404. The van der Waals surface area contributed by atoms with Gasteiger partial charge in [-0.05, 0) is 37.7 Å². The van der Waals surface area contributed by atoms with E-state index in [1.54, 1.807) is 12.1 Å². The fraction of sp³-hybridized carbons (Fsp3) is 0.167. The second-order valence-corrected chi connectivity index (χ2v) is 4.29. The van der Waals surface area contributed by atoms with Crippen LogP contribution in [0.5, 0.6) is 0 Å². The van der Waals surface area contributed by atoms with E-state index in [-0.39, 0.29) is 0 Å². The van der Waals surface area contributed by atoms with Crippen molar-refractivity contribution in [3.05, 3.63) is 52.2 Å². The van der Waals surface area contributed by atoms with Crippen LogP contribution in [0.4, 0.5) is 0 Å². The van der Waals surface area contributed by atoms with Gasteiger partial charge in [0.1, 0.15) is 0 Å². The minimum absolute atomic E-state index is 0.536. The van der Waals surface area contributed by atoms with Gasteiger partial charge < -0.3 is 5.32 Å². The summed E-state index contributed by atoms with van der Waals surface area (Å²) in [6.07, 6.45) is 1.89. The zero-order valence-electron chi connectivity index (χ0n) is 8.77. The summed E-state index contributed by atoms with van der Waals surface area (Å²) >= 11 is 11.7. The van der Waals surface area contributed by atoms with Gasteiger partial charge in [-0.2, -0.15) is 0 Å². The minimum atomic E-state index is 0.536. The third-order valence-electron chi connectivity index (χ3n) is 1.80. The first-order valence-corrected chi connectivity index (χ1v) is 5.30. The molecule has 0 unspecified atom stereocenters. The maximum absolute atomic E-state index is 5.90. The summed E-state index contributed by atoms with van der Waals surface area (Å²) in [5, 5.41) is 4.17. The van der Waals surface area contributed by atoms with E-state index in [0.29, 0.717) is 10.0 Å². The van der Waals surface area contributed by atoms with Gasteiger partial charge in [-0.3, -0.25) is 0 Å². The van der Waals surface area contributed by atoms with Gasteiger partial charge in [0.25, 0.3) is 0 Å². The fourth-order valence-corrected chi connectivity index (χ4v) is 1.30. The lowest BCUT2D eigenvalue weighted by Crippen LogP contribution is -2.02. The molecule has 0 radical (unpaired) electrons. The summed E-state index contributed by atoms with van der Waals surface area (Å²) in [6.45, 7) is 7.93. The van der Waals surface area contributed by atoms with Gasteiger partial charge in [0.15, 0.2) is 0 Å². The zero-order valence-corrected chi connectivity index (χ0v) is 10.3. The largest absolute Gasteiger partial charge is 0.362 e. The first kappa shape index (κ1) is 12.2. The van der Waals surface area contributed by atoms with E-state index in [2.05, 4.69) is 11.9 Å². The highest BCUT2D eigenvalue weighted by atomic mass is 35.5. The van der Waals surface area contributed by atoms with Crippen LogP contribution in [0.25, 0.3) is 5.70 Å². The molecular formula is C12H13Cl2N. The molecule has 0 amide bonds. The number of rotatable bonds is 3. The summed E-state index contributed by atoms with van der Waals surface area (Å²) in [7, 11) is 0. The summed E-state index contributed by atoms with van der Waals surface area (Å²) < 4.78 is 0. The van der Waals surface area contributed by atoms with Crippen molar-refractivity contribution in [1.82, 2.24) is 5.32 Å². The molecule has 0 heterocycles. The van der Waals surface area contributed by atoms with E-state index >= 15 is 0 Å². The van der Waals surface area contributed by atoms with Crippen molar-refractivity contribution < 1.29 is 0 Å². The minimum Gasteiger partial charge on any atom is -0.362 e. The predicted octanol–water partition coefficient (Wildman–Crippen LogP) is 4.48. The second-order valence-electron chi connectivity index (χ2n) is 3.47. The van der Waals surface area contributed by atoms with Crippen molar-refractivity contribution in [1.29, 1.82) is 0 Å². The Balaban J connectivity index is 2.83. The number of hydrogen-bond acceptors (Lipinski definition) is 1. The molecule has 1 aromatic rings. The Morgan fingerprint density at radius 1 is 1.27 bits per heavy atom. The Morgan fingerprint density at radius 2 is 1.93 bits per heavy atom. The van der Waals surface area contributed by atoms with Gasteiger partial charge in [0, 0.05) is 5.70 Å². The molecule has 0 saturated heterocycles. The molecule has 0 bridgehead atoms. The van der Waals surface area contributed by atoms with Crippen molar-refractivity contribution in [3.63, 3.8) is 0 Å². The highest BCUT2D eigenvalue weighted by Gasteiger charge is 2.01. The molecule has 1 aromatic carbocycles. The third-order valence-corrected chi connectivity index (χ3v) is 2.54. The number of benzene rings is 1. The molecule has 1 rings (SSSR count). The third kappa shape index (κ3) is 3.61. The molecule has 0 atom stereocenters. The van der Waals surface area contributed by atoms with Gasteiger partial charge in [0.2, 0.25) is 0 Å². The van der Waals surface area contributed by atoms with Gasteiger partial charge in [-0.25, -0.2) is 0 Å². The van der Waals surface area contributed by atoms with Crippen LogP contribution in [0.15, 0.2) is 36.6 Å². The molecular weight excluding hydrogens is 229 g/mol. The molecule has 0 aliphatic heterocycles. The highest BCUT2D eigenvalue weighted by molar-refractivity contribution is 6.42. The molecule has 0 aromatic heterocycles. The SMILES string of the molecule is C=C(NC=C(C)C)c1ccc(Cl)c(Cl)c1. The lowest BCUT2D eigenvalue weighted by Gasteiger charge is -2.07. The van der Waals surface area contributed by atoms with E-state index < -0.39 is 0 Å². The Kier molecular flexibility index (Phi) is 4.25. The van der Waals surface area contributed by atoms with Gasteiger partial charge in [-0.15, -0.1) is 0 Å². The van der Waals surface area contributed by atoms with Gasteiger partial charge >= 0.3 is 0 Å². The maximum atomic E-state index is 5.90. The number of hydrogen-bond donors (Lipinski definition) is 1. The molecule has 1 N–H and O–H groups in total. The Labute approximate surface area is 100 Å². The van der Waals surface area contributed by atoms with Crippen LogP contribution >= 0.6 is 23.2 Å². The van der Waals surface area contributed by atoms with E-state index in [1.807, 2.05) is 26.1 Å². The first-order valence-electron chi connectivity index (χ1n) is 4.55.